The molecular weight excluding hydrogens is 255 g/mol. The number of Topliss-reactive ketones (excluding diaryl/α,β-unsaturated/α-hetero) is 1. The lowest BCUT2D eigenvalue weighted by atomic mass is 9.98. The Morgan fingerprint density at radius 3 is 2.82 bits per heavy atom. The van der Waals surface area contributed by atoms with Crippen LogP contribution in [0.2, 0.25) is 0 Å². The average molecular weight is 262 g/mol. The molecule has 1 aromatic carbocycles. The Labute approximate surface area is 100 Å². The van der Waals surface area contributed by atoms with Crippen LogP contribution in [-0.2, 0) is 6.42 Å². The maximum Gasteiger partial charge on any atom is 0.287 e. The predicted octanol–water partition coefficient (Wildman–Crippen LogP) is 3.14. The van der Waals surface area contributed by atoms with Crippen LogP contribution in [0.25, 0.3) is 0 Å². The van der Waals surface area contributed by atoms with Crippen molar-refractivity contribution in [3.8, 4) is 0 Å². The molecule has 0 fully saturated rings. The van der Waals surface area contributed by atoms with Gasteiger partial charge in [0, 0.05) is 12.0 Å². The van der Waals surface area contributed by atoms with Crippen molar-refractivity contribution in [3.05, 3.63) is 29.1 Å². The van der Waals surface area contributed by atoms with E-state index in [9.17, 15) is 18.0 Å². The molecular formula is C11H7ClF3NO. The average Bonchev–Trinajstić information content (AvgIpc) is 2.25. The molecule has 0 bridgehead atoms. The fourth-order valence-electron chi connectivity index (χ4n) is 1.63. The van der Waals surface area contributed by atoms with Gasteiger partial charge in [-0.15, -0.1) is 11.6 Å². The van der Waals surface area contributed by atoms with Crippen LogP contribution in [0.5, 0.6) is 0 Å². The van der Waals surface area contributed by atoms with Crippen LogP contribution in [0.4, 0.5) is 18.9 Å². The van der Waals surface area contributed by atoms with Crippen LogP contribution < -0.4 is 0 Å². The summed E-state index contributed by atoms with van der Waals surface area (Å²) in [5, 5.41) is 0. The molecule has 0 radical (unpaired) electrons. The quantitative estimate of drug-likeness (QED) is 0.594. The van der Waals surface area contributed by atoms with Crippen molar-refractivity contribution >= 4 is 29.3 Å². The number of carbonyl (C=O) groups is 1. The SMILES string of the molecule is O=C(CCl)c1cc(F)c2c(c1)CC(F)(F)C=N2. The summed E-state index contributed by atoms with van der Waals surface area (Å²) in [7, 11) is 0. The molecule has 0 saturated heterocycles. The summed E-state index contributed by atoms with van der Waals surface area (Å²) in [6.45, 7) is 0. The second-order valence-electron chi connectivity index (χ2n) is 3.72. The normalized spacial score (nSPS) is 16.7. The second kappa shape index (κ2) is 4.14. The summed E-state index contributed by atoms with van der Waals surface area (Å²) in [6, 6.07) is 2.18. The lowest BCUT2D eigenvalue weighted by Crippen LogP contribution is -2.24. The summed E-state index contributed by atoms with van der Waals surface area (Å²) in [6.07, 6.45) is -0.242. The first-order valence-corrected chi connectivity index (χ1v) is 5.31. The Balaban J connectivity index is 2.51. The van der Waals surface area contributed by atoms with E-state index in [4.69, 9.17) is 11.6 Å². The smallest absolute Gasteiger partial charge is 0.287 e. The lowest BCUT2D eigenvalue weighted by Gasteiger charge is -2.18. The standard InChI is InChI=1S/C11H7ClF3NO/c12-4-9(17)6-1-7-3-11(14,15)5-16-10(7)8(13)2-6/h1-2,5H,3-4H2. The van der Waals surface area contributed by atoms with Crippen LogP contribution in [0.15, 0.2) is 17.1 Å². The Morgan fingerprint density at radius 1 is 1.47 bits per heavy atom. The number of hydrogen-bond acceptors (Lipinski definition) is 2. The molecule has 0 aromatic heterocycles. The molecule has 6 heteroatoms. The zero-order valence-electron chi connectivity index (χ0n) is 8.51. The molecule has 0 amide bonds. The van der Waals surface area contributed by atoms with Gasteiger partial charge in [0.15, 0.2) is 5.78 Å². The minimum absolute atomic E-state index is 0.0100. The van der Waals surface area contributed by atoms with E-state index in [2.05, 4.69) is 4.99 Å². The molecule has 0 atom stereocenters. The highest BCUT2D eigenvalue weighted by atomic mass is 35.5. The van der Waals surface area contributed by atoms with E-state index in [1.807, 2.05) is 0 Å². The van der Waals surface area contributed by atoms with Gasteiger partial charge in [-0.05, 0) is 17.7 Å². The first kappa shape index (κ1) is 12.1. The number of nitrogens with zero attached hydrogens (tertiary/aromatic N) is 1. The van der Waals surface area contributed by atoms with Crippen molar-refractivity contribution in [1.82, 2.24) is 0 Å². The largest absolute Gasteiger partial charge is 0.293 e. The summed E-state index contributed by atoms with van der Waals surface area (Å²) < 4.78 is 39.6. The maximum atomic E-state index is 13.5. The lowest BCUT2D eigenvalue weighted by molar-refractivity contribution is 0.0827. The number of alkyl halides is 3. The molecule has 1 aliphatic heterocycles. The van der Waals surface area contributed by atoms with Crippen molar-refractivity contribution in [1.29, 1.82) is 0 Å². The van der Waals surface area contributed by atoms with E-state index in [0.29, 0.717) is 6.21 Å². The monoisotopic (exact) mass is 261 g/mol. The molecule has 1 heterocycles. The number of aliphatic imine (C=N–C) groups is 1. The van der Waals surface area contributed by atoms with E-state index < -0.39 is 23.9 Å². The minimum Gasteiger partial charge on any atom is -0.293 e. The number of fused-ring (bicyclic) bond motifs is 1. The summed E-state index contributed by atoms with van der Waals surface area (Å²) in [4.78, 5) is 14.7. The number of hydrogen-bond donors (Lipinski definition) is 0. The Hall–Kier alpha value is -1.36. The highest BCUT2D eigenvalue weighted by Gasteiger charge is 2.32. The first-order chi connectivity index (χ1) is 7.93. The molecule has 17 heavy (non-hydrogen) atoms. The molecule has 1 aromatic rings. The molecule has 2 nitrogen and oxygen atoms in total. The van der Waals surface area contributed by atoms with Gasteiger partial charge in [-0.25, -0.2) is 4.39 Å². The predicted molar refractivity (Wildman–Crippen MR) is 58.3 cm³/mol. The van der Waals surface area contributed by atoms with E-state index in [1.165, 1.54) is 6.07 Å². The van der Waals surface area contributed by atoms with Crippen LogP contribution in [0.1, 0.15) is 15.9 Å². The molecule has 90 valence electrons. The van der Waals surface area contributed by atoms with Crippen LogP contribution in [0.3, 0.4) is 0 Å². The second-order valence-corrected chi connectivity index (χ2v) is 3.99. The third-order valence-electron chi connectivity index (χ3n) is 2.39. The number of ketones is 1. The molecule has 0 unspecified atom stereocenters. The van der Waals surface area contributed by atoms with Gasteiger partial charge in [0.05, 0.1) is 12.1 Å². The van der Waals surface area contributed by atoms with Crippen LogP contribution >= 0.6 is 11.6 Å². The van der Waals surface area contributed by atoms with E-state index in [0.717, 1.165) is 6.07 Å². The summed E-state index contributed by atoms with van der Waals surface area (Å²) >= 11 is 5.33. The maximum absolute atomic E-state index is 13.5. The summed E-state index contributed by atoms with van der Waals surface area (Å²) in [5.74, 6) is -4.73. The van der Waals surface area contributed by atoms with Gasteiger partial charge < -0.3 is 0 Å². The highest BCUT2D eigenvalue weighted by Crippen LogP contribution is 2.34. The number of benzene rings is 1. The summed E-state index contributed by atoms with van der Waals surface area (Å²) in [5.41, 5.74) is -0.128. The first-order valence-electron chi connectivity index (χ1n) is 4.77. The van der Waals surface area contributed by atoms with Gasteiger partial charge >= 0.3 is 0 Å². The third kappa shape index (κ3) is 2.34. The van der Waals surface area contributed by atoms with Gasteiger partial charge in [-0.3, -0.25) is 9.79 Å². The minimum atomic E-state index is -3.11. The van der Waals surface area contributed by atoms with E-state index in [1.54, 1.807) is 0 Å². The van der Waals surface area contributed by atoms with E-state index in [-0.39, 0.29) is 22.7 Å². The van der Waals surface area contributed by atoms with Crippen molar-refractivity contribution in [2.75, 3.05) is 5.88 Å². The van der Waals surface area contributed by atoms with Crippen molar-refractivity contribution in [3.63, 3.8) is 0 Å². The van der Waals surface area contributed by atoms with Gasteiger partial charge in [0.2, 0.25) is 0 Å². The Kier molecular flexibility index (Phi) is 2.95. The van der Waals surface area contributed by atoms with Gasteiger partial charge in [-0.2, -0.15) is 8.78 Å². The topological polar surface area (TPSA) is 29.4 Å². The highest BCUT2D eigenvalue weighted by molar-refractivity contribution is 6.30. The van der Waals surface area contributed by atoms with Crippen LogP contribution in [-0.4, -0.2) is 23.8 Å². The number of rotatable bonds is 2. The number of halogens is 4. The zero-order valence-corrected chi connectivity index (χ0v) is 9.27. The Bertz CT molecular complexity index is 514. The van der Waals surface area contributed by atoms with Crippen molar-refractivity contribution in [2.24, 2.45) is 4.99 Å². The molecule has 0 spiro atoms. The van der Waals surface area contributed by atoms with Crippen molar-refractivity contribution < 1.29 is 18.0 Å². The molecule has 1 aliphatic rings. The van der Waals surface area contributed by atoms with Gasteiger partial charge in [0.25, 0.3) is 5.92 Å². The van der Waals surface area contributed by atoms with Crippen molar-refractivity contribution in [2.45, 2.75) is 12.3 Å². The Morgan fingerprint density at radius 2 is 2.18 bits per heavy atom. The van der Waals surface area contributed by atoms with E-state index >= 15 is 0 Å². The van der Waals surface area contributed by atoms with Gasteiger partial charge in [0.1, 0.15) is 11.5 Å². The van der Waals surface area contributed by atoms with Crippen LogP contribution in [0, 0.1) is 5.82 Å². The molecule has 2 rings (SSSR count). The van der Waals surface area contributed by atoms with Gasteiger partial charge in [-0.1, -0.05) is 0 Å². The third-order valence-corrected chi connectivity index (χ3v) is 2.64. The fourth-order valence-corrected chi connectivity index (χ4v) is 1.79. The number of carbonyl (C=O) groups excluding carboxylic acids is 1. The molecule has 0 N–H and O–H groups in total. The molecule has 0 saturated carbocycles. The molecule has 0 aliphatic carbocycles. The zero-order chi connectivity index (χ0) is 12.6. The fraction of sp³-hybridized carbons (Fsp3) is 0.273.